The molecular weight excluding hydrogens is 263 g/mol. The van der Waals surface area contributed by atoms with E-state index in [0.717, 1.165) is 12.1 Å². The minimum absolute atomic E-state index is 0.118. The molecule has 2 rings (SSSR count). The molecule has 1 aromatic carbocycles. The molecule has 0 atom stereocenters. The lowest BCUT2D eigenvalue weighted by molar-refractivity contribution is -0.387. The highest BCUT2D eigenvalue weighted by atomic mass is 35.5. The Morgan fingerprint density at radius 3 is 2.67 bits per heavy atom. The molecular formula is C11H6ClFN2O3. The largest absolute Gasteiger partial charge is 0.439 e. The second-order valence-corrected chi connectivity index (χ2v) is 3.72. The van der Waals surface area contributed by atoms with E-state index in [1.165, 1.54) is 18.3 Å². The standard InChI is InChI=1S/C11H6ClFN2O3/c12-7-1-4-11(14-6-7)18-8-2-3-10(15(16)17)9(13)5-8/h1-6H. The summed E-state index contributed by atoms with van der Waals surface area (Å²) in [6.45, 7) is 0. The molecule has 1 heterocycles. The van der Waals surface area contributed by atoms with Crippen molar-refractivity contribution in [3.05, 3.63) is 57.5 Å². The number of hydrogen-bond donors (Lipinski definition) is 0. The van der Waals surface area contributed by atoms with E-state index in [9.17, 15) is 14.5 Å². The first-order valence-corrected chi connectivity index (χ1v) is 5.17. The van der Waals surface area contributed by atoms with Gasteiger partial charge in [0.05, 0.1) is 9.95 Å². The first kappa shape index (κ1) is 12.3. The first-order valence-electron chi connectivity index (χ1n) is 4.79. The molecule has 5 nitrogen and oxygen atoms in total. The van der Waals surface area contributed by atoms with Crippen molar-refractivity contribution in [3.8, 4) is 11.6 Å². The lowest BCUT2D eigenvalue weighted by Crippen LogP contribution is -1.93. The summed E-state index contributed by atoms with van der Waals surface area (Å²) < 4.78 is 18.5. The quantitative estimate of drug-likeness (QED) is 0.630. The highest BCUT2D eigenvalue weighted by Crippen LogP contribution is 2.25. The van der Waals surface area contributed by atoms with Gasteiger partial charge in [0.2, 0.25) is 11.7 Å². The number of aromatic nitrogens is 1. The number of ether oxygens (including phenoxy) is 1. The molecule has 0 saturated heterocycles. The zero-order chi connectivity index (χ0) is 13.1. The van der Waals surface area contributed by atoms with Gasteiger partial charge in [0, 0.05) is 24.4 Å². The lowest BCUT2D eigenvalue weighted by atomic mass is 10.3. The van der Waals surface area contributed by atoms with Crippen LogP contribution in [-0.2, 0) is 0 Å². The number of benzene rings is 1. The van der Waals surface area contributed by atoms with Gasteiger partial charge < -0.3 is 4.74 Å². The van der Waals surface area contributed by atoms with Crippen LogP contribution in [-0.4, -0.2) is 9.91 Å². The molecule has 0 N–H and O–H groups in total. The number of hydrogen-bond acceptors (Lipinski definition) is 4. The van der Waals surface area contributed by atoms with E-state index in [1.54, 1.807) is 6.07 Å². The van der Waals surface area contributed by atoms with Gasteiger partial charge in [0.25, 0.3) is 0 Å². The zero-order valence-electron chi connectivity index (χ0n) is 8.84. The highest BCUT2D eigenvalue weighted by molar-refractivity contribution is 6.30. The van der Waals surface area contributed by atoms with Gasteiger partial charge in [-0.05, 0) is 12.1 Å². The van der Waals surface area contributed by atoms with E-state index in [4.69, 9.17) is 16.3 Å². The second kappa shape index (κ2) is 4.97. The minimum atomic E-state index is -0.966. The van der Waals surface area contributed by atoms with E-state index in [2.05, 4.69) is 4.98 Å². The Bertz CT molecular complexity index is 589. The monoisotopic (exact) mass is 268 g/mol. The summed E-state index contributed by atoms with van der Waals surface area (Å²) in [5, 5.41) is 10.9. The molecule has 7 heteroatoms. The van der Waals surface area contributed by atoms with Gasteiger partial charge >= 0.3 is 5.69 Å². The number of rotatable bonds is 3. The van der Waals surface area contributed by atoms with Gasteiger partial charge in [0.1, 0.15) is 5.75 Å². The molecule has 1 aromatic heterocycles. The van der Waals surface area contributed by atoms with Gasteiger partial charge in [-0.2, -0.15) is 4.39 Å². The zero-order valence-corrected chi connectivity index (χ0v) is 9.60. The Morgan fingerprint density at radius 2 is 2.11 bits per heavy atom. The smallest absolute Gasteiger partial charge is 0.305 e. The molecule has 18 heavy (non-hydrogen) atoms. The molecule has 0 bridgehead atoms. The summed E-state index contributed by atoms with van der Waals surface area (Å²) >= 11 is 5.64. The van der Waals surface area contributed by atoms with Crippen molar-refractivity contribution in [1.82, 2.24) is 4.98 Å². The molecule has 0 fully saturated rings. The number of nitro groups is 1. The third-order valence-electron chi connectivity index (χ3n) is 2.04. The summed E-state index contributed by atoms with van der Waals surface area (Å²) in [5.74, 6) is -0.632. The first-order chi connectivity index (χ1) is 8.56. The van der Waals surface area contributed by atoms with Crippen molar-refractivity contribution < 1.29 is 14.1 Å². The molecule has 0 aliphatic rings. The average Bonchev–Trinajstić information content (AvgIpc) is 2.32. The Morgan fingerprint density at radius 1 is 1.33 bits per heavy atom. The molecule has 0 amide bonds. The van der Waals surface area contributed by atoms with Gasteiger partial charge in [-0.1, -0.05) is 11.6 Å². The fourth-order valence-electron chi connectivity index (χ4n) is 1.24. The summed E-state index contributed by atoms with van der Waals surface area (Å²) in [5.41, 5.74) is -0.605. The van der Waals surface area contributed by atoms with E-state index >= 15 is 0 Å². The molecule has 0 radical (unpaired) electrons. The van der Waals surface area contributed by atoms with Crippen molar-refractivity contribution in [2.75, 3.05) is 0 Å². The van der Waals surface area contributed by atoms with Gasteiger partial charge in [-0.15, -0.1) is 0 Å². The van der Waals surface area contributed by atoms with Gasteiger partial charge in [0.15, 0.2) is 0 Å². The van der Waals surface area contributed by atoms with Crippen LogP contribution in [0, 0.1) is 15.9 Å². The maximum absolute atomic E-state index is 13.3. The summed E-state index contributed by atoms with van der Waals surface area (Å²) in [6.07, 6.45) is 1.37. The fraction of sp³-hybridized carbons (Fsp3) is 0. The summed E-state index contributed by atoms with van der Waals surface area (Å²) in [7, 11) is 0. The van der Waals surface area contributed by atoms with Gasteiger partial charge in [-0.3, -0.25) is 10.1 Å². The number of pyridine rings is 1. The molecule has 0 aliphatic heterocycles. The van der Waals surface area contributed by atoms with Crippen LogP contribution >= 0.6 is 11.6 Å². The lowest BCUT2D eigenvalue weighted by Gasteiger charge is -2.04. The van der Waals surface area contributed by atoms with Gasteiger partial charge in [-0.25, -0.2) is 4.98 Å². The van der Waals surface area contributed by atoms with Crippen LogP contribution in [0.2, 0.25) is 5.02 Å². The third kappa shape index (κ3) is 2.72. The van der Waals surface area contributed by atoms with Crippen LogP contribution in [0.1, 0.15) is 0 Å². The van der Waals surface area contributed by atoms with Crippen LogP contribution in [0.4, 0.5) is 10.1 Å². The number of nitro benzene ring substituents is 1. The summed E-state index contributed by atoms with van der Waals surface area (Å²) in [6, 6.07) is 6.31. The molecule has 0 spiro atoms. The van der Waals surface area contributed by atoms with E-state index in [0.29, 0.717) is 5.02 Å². The van der Waals surface area contributed by atoms with Crippen LogP contribution in [0.25, 0.3) is 0 Å². The number of halogens is 2. The van der Waals surface area contributed by atoms with Crippen LogP contribution in [0.15, 0.2) is 36.5 Å². The molecule has 2 aromatic rings. The SMILES string of the molecule is O=[N+]([O-])c1ccc(Oc2ccc(Cl)cn2)cc1F. The Hall–Kier alpha value is -2.21. The van der Waals surface area contributed by atoms with E-state index in [1.807, 2.05) is 0 Å². The fourth-order valence-corrected chi connectivity index (χ4v) is 1.35. The maximum atomic E-state index is 13.3. The normalized spacial score (nSPS) is 10.1. The Labute approximate surface area is 106 Å². The molecule has 92 valence electrons. The van der Waals surface area contributed by atoms with Crippen molar-refractivity contribution in [1.29, 1.82) is 0 Å². The van der Waals surface area contributed by atoms with Crippen LogP contribution in [0.3, 0.4) is 0 Å². The second-order valence-electron chi connectivity index (χ2n) is 3.29. The Balaban J connectivity index is 2.22. The third-order valence-corrected chi connectivity index (χ3v) is 2.26. The van der Waals surface area contributed by atoms with Crippen molar-refractivity contribution >= 4 is 17.3 Å². The molecule has 0 saturated carbocycles. The predicted molar refractivity (Wildman–Crippen MR) is 62.4 cm³/mol. The predicted octanol–water partition coefficient (Wildman–Crippen LogP) is 3.57. The van der Waals surface area contributed by atoms with Crippen LogP contribution in [0.5, 0.6) is 11.6 Å². The topological polar surface area (TPSA) is 65.3 Å². The maximum Gasteiger partial charge on any atom is 0.305 e. The number of nitrogens with zero attached hydrogens (tertiary/aromatic N) is 2. The molecule has 0 unspecified atom stereocenters. The van der Waals surface area contributed by atoms with Crippen molar-refractivity contribution in [2.24, 2.45) is 0 Å². The highest BCUT2D eigenvalue weighted by Gasteiger charge is 2.14. The Kier molecular flexibility index (Phi) is 3.38. The molecule has 0 aliphatic carbocycles. The average molecular weight is 269 g/mol. The van der Waals surface area contributed by atoms with Crippen molar-refractivity contribution in [2.45, 2.75) is 0 Å². The van der Waals surface area contributed by atoms with Crippen LogP contribution < -0.4 is 4.74 Å². The summed E-state index contributed by atoms with van der Waals surface area (Å²) in [4.78, 5) is 13.5. The minimum Gasteiger partial charge on any atom is -0.439 e. The van der Waals surface area contributed by atoms with E-state index < -0.39 is 16.4 Å². The van der Waals surface area contributed by atoms with Crippen molar-refractivity contribution in [3.63, 3.8) is 0 Å². The van der Waals surface area contributed by atoms with E-state index in [-0.39, 0.29) is 11.6 Å².